The molecule has 1 unspecified atom stereocenters. The van der Waals surface area contributed by atoms with Gasteiger partial charge < -0.3 is 15.5 Å². The maximum Gasteiger partial charge on any atom is 0.255 e. The van der Waals surface area contributed by atoms with Crippen molar-refractivity contribution in [3.63, 3.8) is 0 Å². The summed E-state index contributed by atoms with van der Waals surface area (Å²) in [5.41, 5.74) is 6.15. The molecule has 7 nitrogen and oxygen atoms in total. The van der Waals surface area contributed by atoms with Gasteiger partial charge in [-0.1, -0.05) is 25.1 Å². The lowest BCUT2D eigenvalue weighted by Gasteiger charge is -2.32. The van der Waals surface area contributed by atoms with Crippen LogP contribution in [0.4, 0.5) is 17.3 Å². The molecule has 3 heterocycles. The van der Waals surface area contributed by atoms with Gasteiger partial charge in [0.2, 0.25) is 5.95 Å². The molecule has 0 bridgehead atoms. The van der Waals surface area contributed by atoms with E-state index in [2.05, 4.69) is 49.5 Å². The summed E-state index contributed by atoms with van der Waals surface area (Å²) in [5.74, 6) is 0.862. The first-order valence-corrected chi connectivity index (χ1v) is 12.8. The Balaban J connectivity index is 1.27. The Morgan fingerprint density at radius 2 is 1.95 bits per heavy atom. The fourth-order valence-corrected chi connectivity index (χ4v) is 4.77. The van der Waals surface area contributed by atoms with Crippen molar-refractivity contribution in [2.45, 2.75) is 32.6 Å². The van der Waals surface area contributed by atoms with E-state index >= 15 is 0 Å². The van der Waals surface area contributed by atoms with Crippen LogP contribution in [0.25, 0.3) is 11.3 Å². The minimum absolute atomic E-state index is 0.157. The highest BCUT2D eigenvalue weighted by Crippen LogP contribution is 2.28. The number of likely N-dealkylation sites (tertiary alicyclic amines) is 1. The number of aryl methyl sites for hydroxylation is 1. The number of anilines is 3. The van der Waals surface area contributed by atoms with Gasteiger partial charge in [0.25, 0.3) is 5.91 Å². The van der Waals surface area contributed by atoms with Gasteiger partial charge in [0.15, 0.2) is 0 Å². The minimum Gasteiger partial charge on any atom is -0.324 e. The minimum atomic E-state index is -0.157. The van der Waals surface area contributed by atoms with Gasteiger partial charge in [0.05, 0.1) is 5.69 Å². The molecule has 7 heteroatoms. The zero-order valence-electron chi connectivity index (χ0n) is 21.3. The van der Waals surface area contributed by atoms with Crippen LogP contribution in [0.2, 0.25) is 0 Å². The zero-order chi connectivity index (χ0) is 25.6. The Kier molecular flexibility index (Phi) is 7.51. The van der Waals surface area contributed by atoms with E-state index < -0.39 is 0 Å². The van der Waals surface area contributed by atoms with Crippen molar-refractivity contribution >= 4 is 23.2 Å². The standard InChI is InChI=1S/C30H32N6O/c1-3-36-17-5-7-25(20-36)22-10-12-26(13-11-22)33-29(37)23-9-8-21(2)28(18-23)35-30-32-16-14-27(34-30)24-6-4-15-31-19-24/h4,6,8-16,18-19,25H,3,5,7,17,20H2,1-2H3,(H,33,37)(H,32,34,35). The van der Waals surface area contributed by atoms with Gasteiger partial charge in [0, 0.05) is 47.6 Å². The maximum atomic E-state index is 13.1. The second-order valence-electron chi connectivity index (χ2n) is 9.47. The van der Waals surface area contributed by atoms with Crippen molar-refractivity contribution in [2.75, 3.05) is 30.3 Å². The topological polar surface area (TPSA) is 83.0 Å². The number of hydrogen-bond donors (Lipinski definition) is 2. The smallest absolute Gasteiger partial charge is 0.255 e. The lowest BCUT2D eigenvalue weighted by atomic mass is 9.90. The van der Waals surface area contributed by atoms with Crippen LogP contribution < -0.4 is 10.6 Å². The van der Waals surface area contributed by atoms with E-state index in [1.54, 1.807) is 18.6 Å². The number of hydrogen-bond acceptors (Lipinski definition) is 6. The third kappa shape index (κ3) is 6.01. The van der Waals surface area contributed by atoms with Crippen molar-refractivity contribution < 1.29 is 4.79 Å². The number of piperidine rings is 1. The van der Waals surface area contributed by atoms with Crippen molar-refractivity contribution in [1.82, 2.24) is 19.9 Å². The molecule has 0 radical (unpaired) electrons. The van der Waals surface area contributed by atoms with Gasteiger partial charge >= 0.3 is 0 Å². The van der Waals surface area contributed by atoms with E-state index in [0.717, 1.165) is 41.3 Å². The fraction of sp³-hybridized carbons (Fsp3) is 0.267. The first-order chi connectivity index (χ1) is 18.1. The molecule has 188 valence electrons. The monoisotopic (exact) mass is 492 g/mol. The SMILES string of the molecule is CCN1CCCC(c2ccc(NC(=O)c3ccc(C)c(Nc4nccc(-c5cccnc5)n4)c3)cc2)C1. The van der Waals surface area contributed by atoms with E-state index in [9.17, 15) is 4.79 Å². The van der Waals surface area contributed by atoms with Gasteiger partial charge in [-0.05, 0) is 92.4 Å². The van der Waals surface area contributed by atoms with Gasteiger partial charge in [-0.25, -0.2) is 9.97 Å². The molecule has 5 rings (SSSR count). The van der Waals surface area contributed by atoms with Crippen molar-refractivity contribution in [3.05, 3.63) is 95.9 Å². The molecular formula is C30H32N6O. The normalized spacial score (nSPS) is 15.8. The number of likely N-dealkylation sites (N-methyl/N-ethyl adjacent to an activating group) is 1. The number of carbonyl (C=O) groups excluding carboxylic acids is 1. The molecule has 1 saturated heterocycles. The second-order valence-corrected chi connectivity index (χ2v) is 9.47. The lowest BCUT2D eigenvalue weighted by molar-refractivity contribution is 0.102. The molecule has 0 aliphatic carbocycles. The first kappa shape index (κ1) is 24.6. The van der Waals surface area contributed by atoms with E-state index in [-0.39, 0.29) is 5.91 Å². The van der Waals surface area contributed by atoms with Crippen molar-refractivity contribution in [1.29, 1.82) is 0 Å². The van der Waals surface area contributed by atoms with Gasteiger partial charge in [-0.3, -0.25) is 9.78 Å². The molecule has 1 amide bonds. The zero-order valence-corrected chi connectivity index (χ0v) is 21.3. The van der Waals surface area contributed by atoms with Crippen LogP contribution in [-0.2, 0) is 0 Å². The Hall–Kier alpha value is -4.10. The Morgan fingerprint density at radius 3 is 2.73 bits per heavy atom. The summed E-state index contributed by atoms with van der Waals surface area (Å²) in [6, 6.07) is 19.6. The number of nitrogens with one attached hydrogen (secondary N) is 2. The molecule has 0 saturated carbocycles. The molecular weight excluding hydrogens is 460 g/mol. The van der Waals surface area contributed by atoms with Crippen molar-refractivity contribution in [3.8, 4) is 11.3 Å². The highest BCUT2D eigenvalue weighted by molar-refractivity contribution is 6.05. The fourth-order valence-electron chi connectivity index (χ4n) is 4.77. The Labute approximate surface area is 218 Å². The highest BCUT2D eigenvalue weighted by Gasteiger charge is 2.20. The molecule has 4 aromatic rings. The van der Waals surface area contributed by atoms with Crippen LogP contribution in [0.5, 0.6) is 0 Å². The summed E-state index contributed by atoms with van der Waals surface area (Å²) in [4.78, 5) is 28.7. The summed E-state index contributed by atoms with van der Waals surface area (Å²) in [6.07, 6.45) is 7.66. The first-order valence-electron chi connectivity index (χ1n) is 12.8. The summed E-state index contributed by atoms with van der Waals surface area (Å²) in [7, 11) is 0. The average Bonchev–Trinajstić information content (AvgIpc) is 2.95. The number of amides is 1. The highest BCUT2D eigenvalue weighted by atomic mass is 16.1. The van der Waals surface area contributed by atoms with E-state index in [4.69, 9.17) is 0 Å². The lowest BCUT2D eigenvalue weighted by Crippen LogP contribution is -2.34. The molecule has 1 aliphatic heterocycles. The van der Waals surface area contributed by atoms with Gasteiger partial charge in [-0.15, -0.1) is 0 Å². The molecule has 37 heavy (non-hydrogen) atoms. The van der Waals surface area contributed by atoms with Crippen LogP contribution >= 0.6 is 0 Å². The average molecular weight is 493 g/mol. The predicted molar refractivity (Wildman–Crippen MR) is 148 cm³/mol. The molecule has 2 N–H and O–H groups in total. The van der Waals surface area contributed by atoms with Crippen LogP contribution in [0.15, 0.2) is 79.3 Å². The maximum absolute atomic E-state index is 13.1. The van der Waals surface area contributed by atoms with E-state index in [0.29, 0.717) is 17.4 Å². The summed E-state index contributed by atoms with van der Waals surface area (Å²) in [6.45, 7) is 7.60. The summed E-state index contributed by atoms with van der Waals surface area (Å²) >= 11 is 0. The van der Waals surface area contributed by atoms with Crippen molar-refractivity contribution in [2.24, 2.45) is 0 Å². The second kappa shape index (κ2) is 11.3. The van der Waals surface area contributed by atoms with Crippen LogP contribution in [0.1, 0.15) is 47.2 Å². The van der Waals surface area contributed by atoms with Crippen LogP contribution in [0.3, 0.4) is 0 Å². The molecule has 1 aliphatic rings. The molecule has 1 fully saturated rings. The molecule has 2 aromatic carbocycles. The number of rotatable bonds is 7. The van der Waals surface area contributed by atoms with Crippen LogP contribution in [0, 0.1) is 6.92 Å². The number of benzene rings is 2. The number of carbonyl (C=O) groups is 1. The van der Waals surface area contributed by atoms with Crippen LogP contribution in [-0.4, -0.2) is 45.4 Å². The largest absolute Gasteiger partial charge is 0.324 e. The number of aromatic nitrogens is 3. The molecule has 0 spiro atoms. The summed E-state index contributed by atoms with van der Waals surface area (Å²) < 4.78 is 0. The van der Waals surface area contributed by atoms with E-state index in [1.807, 2.05) is 55.5 Å². The third-order valence-electron chi connectivity index (χ3n) is 6.95. The number of nitrogens with zero attached hydrogens (tertiary/aromatic N) is 4. The quantitative estimate of drug-likeness (QED) is 0.327. The third-order valence-corrected chi connectivity index (χ3v) is 6.95. The molecule has 2 aromatic heterocycles. The Bertz CT molecular complexity index is 1360. The van der Waals surface area contributed by atoms with Gasteiger partial charge in [-0.2, -0.15) is 0 Å². The van der Waals surface area contributed by atoms with E-state index in [1.165, 1.54) is 24.9 Å². The van der Waals surface area contributed by atoms with Gasteiger partial charge in [0.1, 0.15) is 0 Å². The Morgan fingerprint density at radius 1 is 1.08 bits per heavy atom. The number of pyridine rings is 1. The molecule has 1 atom stereocenters. The summed E-state index contributed by atoms with van der Waals surface area (Å²) in [5, 5.41) is 6.30. The predicted octanol–water partition coefficient (Wildman–Crippen LogP) is 6.04.